The molecule has 0 heterocycles. The Morgan fingerprint density at radius 2 is 1.52 bits per heavy atom. The van der Waals surface area contributed by atoms with Crippen LogP contribution in [0.25, 0.3) is 0 Å². The predicted octanol–water partition coefficient (Wildman–Crippen LogP) is 0.897. The van der Waals surface area contributed by atoms with Gasteiger partial charge in [0.05, 0.1) is 12.1 Å². The molecule has 4 atom stereocenters. The predicted molar refractivity (Wildman–Crippen MR) is 110 cm³/mol. The van der Waals surface area contributed by atoms with E-state index in [9.17, 15) is 19.2 Å². The molecule has 160 valence electrons. The highest BCUT2D eigenvalue weighted by Crippen LogP contribution is 2.23. The molecular weight excluding hydrogens is 372 g/mol. The van der Waals surface area contributed by atoms with Crippen LogP contribution in [-0.4, -0.2) is 46.5 Å². The van der Waals surface area contributed by atoms with Crippen LogP contribution in [0.4, 0.5) is 0 Å². The molecule has 0 radical (unpaired) electrons. The van der Waals surface area contributed by atoms with Gasteiger partial charge in [-0.1, -0.05) is 44.2 Å². The molecule has 1 aromatic rings. The fourth-order valence-corrected chi connectivity index (χ4v) is 2.99. The van der Waals surface area contributed by atoms with Crippen LogP contribution >= 0.6 is 0 Å². The number of hydrogen-bond donors (Lipinski definition) is 3. The van der Waals surface area contributed by atoms with E-state index in [4.69, 9.17) is 11.5 Å². The van der Waals surface area contributed by atoms with E-state index in [1.54, 1.807) is 30.3 Å². The van der Waals surface area contributed by atoms with E-state index < -0.39 is 47.7 Å². The van der Waals surface area contributed by atoms with Gasteiger partial charge < -0.3 is 16.8 Å². The minimum Gasteiger partial charge on any atom is -0.343 e. The van der Waals surface area contributed by atoms with Crippen molar-refractivity contribution in [3.05, 3.63) is 35.9 Å². The minimum absolute atomic E-state index is 0.207. The van der Waals surface area contributed by atoms with E-state index in [0.29, 0.717) is 12.0 Å². The van der Waals surface area contributed by atoms with Crippen molar-refractivity contribution in [1.29, 1.82) is 0 Å². The Bertz CT molecular complexity index is 733. The van der Waals surface area contributed by atoms with Crippen molar-refractivity contribution in [3.8, 4) is 0 Å². The molecule has 29 heavy (non-hydrogen) atoms. The highest BCUT2D eigenvalue weighted by molar-refractivity contribution is 6.05. The quantitative estimate of drug-likeness (QED) is 0.559. The van der Waals surface area contributed by atoms with Crippen molar-refractivity contribution in [2.75, 3.05) is 0 Å². The number of carbonyl (C=O) groups is 4. The zero-order valence-electron chi connectivity index (χ0n) is 17.7. The normalized spacial score (nSPS) is 15.2. The fourth-order valence-electron chi connectivity index (χ4n) is 2.99. The standard InChI is InChI=1S/C21H32N4O4/c1-12(2)11-17(23)19(27)24-14(4)21(29)25(20(28)13(3)22)18(15(5)26)16-9-7-6-8-10-16/h6-10,12-14,17-18H,11,22-23H2,1-5H3,(H,24,27)/t13-,14-,17-,18?/m0/s1. The molecule has 0 aliphatic carbocycles. The number of nitrogens with two attached hydrogens (primary N) is 2. The Labute approximate surface area is 172 Å². The maximum absolute atomic E-state index is 13.1. The number of nitrogens with one attached hydrogen (secondary N) is 1. The summed E-state index contributed by atoms with van der Waals surface area (Å²) in [5.74, 6) is -2.11. The molecule has 0 bridgehead atoms. The molecule has 0 aromatic heterocycles. The molecule has 5 N–H and O–H groups in total. The van der Waals surface area contributed by atoms with Gasteiger partial charge in [0.15, 0.2) is 5.78 Å². The van der Waals surface area contributed by atoms with Gasteiger partial charge in [0.25, 0.3) is 5.91 Å². The lowest BCUT2D eigenvalue weighted by molar-refractivity contribution is -0.153. The lowest BCUT2D eigenvalue weighted by Crippen LogP contribution is -2.56. The Morgan fingerprint density at radius 1 is 0.966 bits per heavy atom. The van der Waals surface area contributed by atoms with Gasteiger partial charge in [-0.05, 0) is 38.7 Å². The van der Waals surface area contributed by atoms with E-state index in [0.717, 1.165) is 4.90 Å². The first-order chi connectivity index (χ1) is 13.5. The third-order valence-corrected chi connectivity index (χ3v) is 4.41. The molecule has 0 aliphatic heterocycles. The van der Waals surface area contributed by atoms with Crippen molar-refractivity contribution in [1.82, 2.24) is 10.2 Å². The molecule has 8 heteroatoms. The molecular formula is C21H32N4O4. The molecule has 0 spiro atoms. The first-order valence-electron chi connectivity index (χ1n) is 9.71. The minimum atomic E-state index is -1.13. The van der Waals surface area contributed by atoms with E-state index >= 15 is 0 Å². The van der Waals surface area contributed by atoms with Gasteiger partial charge in [0.1, 0.15) is 12.1 Å². The largest absolute Gasteiger partial charge is 0.343 e. The Morgan fingerprint density at radius 3 is 1.97 bits per heavy atom. The summed E-state index contributed by atoms with van der Waals surface area (Å²) in [5.41, 5.74) is 12.1. The van der Waals surface area contributed by atoms with Gasteiger partial charge in [-0.15, -0.1) is 0 Å². The van der Waals surface area contributed by atoms with Crippen LogP contribution in [0.15, 0.2) is 30.3 Å². The number of ketones is 1. The van der Waals surface area contributed by atoms with Crippen molar-refractivity contribution >= 4 is 23.5 Å². The number of carbonyl (C=O) groups excluding carboxylic acids is 4. The monoisotopic (exact) mass is 404 g/mol. The molecule has 0 saturated carbocycles. The summed E-state index contributed by atoms with van der Waals surface area (Å²) in [4.78, 5) is 51.4. The van der Waals surface area contributed by atoms with E-state index in [1.807, 2.05) is 13.8 Å². The van der Waals surface area contributed by atoms with Gasteiger partial charge in [-0.3, -0.25) is 24.1 Å². The Kier molecular flexibility index (Phi) is 9.13. The summed E-state index contributed by atoms with van der Waals surface area (Å²) in [6, 6.07) is 4.52. The number of Topliss-reactive ketones (excluding diaryl/α,β-unsaturated/α-hetero) is 1. The summed E-state index contributed by atoms with van der Waals surface area (Å²) >= 11 is 0. The van der Waals surface area contributed by atoms with Crippen LogP contribution in [0.3, 0.4) is 0 Å². The number of benzene rings is 1. The maximum Gasteiger partial charge on any atom is 0.252 e. The second-order valence-corrected chi connectivity index (χ2v) is 7.73. The van der Waals surface area contributed by atoms with Crippen LogP contribution in [0.2, 0.25) is 0 Å². The molecule has 8 nitrogen and oxygen atoms in total. The maximum atomic E-state index is 13.1. The zero-order chi connectivity index (χ0) is 22.3. The summed E-state index contributed by atoms with van der Waals surface area (Å²) in [6.07, 6.45) is 0.454. The van der Waals surface area contributed by atoms with E-state index in [2.05, 4.69) is 5.32 Å². The number of amides is 3. The van der Waals surface area contributed by atoms with Gasteiger partial charge in [0, 0.05) is 0 Å². The molecule has 0 aliphatic rings. The Balaban J connectivity index is 3.19. The van der Waals surface area contributed by atoms with Crippen molar-refractivity contribution < 1.29 is 19.2 Å². The average molecular weight is 405 g/mol. The topological polar surface area (TPSA) is 136 Å². The third-order valence-electron chi connectivity index (χ3n) is 4.41. The molecule has 3 amide bonds. The third kappa shape index (κ3) is 6.76. The molecule has 0 fully saturated rings. The fraction of sp³-hybridized carbons (Fsp3) is 0.524. The van der Waals surface area contributed by atoms with E-state index in [1.165, 1.54) is 20.8 Å². The van der Waals surface area contributed by atoms with Crippen LogP contribution in [-0.2, 0) is 19.2 Å². The number of rotatable bonds is 9. The van der Waals surface area contributed by atoms with Crippen LogP contribution in [0.1, 0.15) is 52.6 Å². The van der Waals surface area contributed by atoms with Crippen molar-refractivity contribution in [2.24, 2.45) is 17.4 Å². The Hall–Kier alpha value is -2.58. The highest BCUT2D eigenvalue weighted by atomic mass is 16.2. The van der Waals surface area contributed by atoms with E-state index in [-0.39, 0.29) is 5.92 Å². The number of imide groups is 1. The smallest absolute Gasteiger partial charge is 0.252 e. The summed E-state index contributed by atoms with van der Waals surface area (Å²) in [7, 11) is 0. The van der Waals surface area contributed by atoms with Crippen molar-refractivity contribution in [3.63, 3.8) is 0 Å². The van der Waals surface area contributed by atoms with Crippen molar-refractivity contribution in [2.45, 2.75) is 65.2 Å². The second-order valence-electron chi connectivity index (χ2n) is 7.73. The van der Waals surface area contributed by atoms with Gasteiger partial charge in [0.2, 0.25) is 11.8 Å². The second kappa shape index (κ2) is 10.8. The van der Waals surface area contributed by atoms with Gasteiger partial charge >= 0.3 is 0 Å². The number of hydrogen-bond acceptors (Lipinski definition) is 6. The molecule has 0 saturated heterocycles. The number of nitrogens with zero attached hydrogens (tertiary/aromatic N) is 1. The highest BCUT2D eigenvalue weighted by Gasteiger charge is 2.38. The van der Waals surface area contributed by atoms with Crippen LogP contribution < -0.4 is 16.8 Å². The van der Waals surface area contributed by atoms with Gasteiger partial charge in [-0.25, -0.2) is 0 Å². The first-order valence-corrected chi connectivity index (χ1v) is 9.71. The summed E-state index contributed by atoms with van der Waals surface area (Å²) in [5, 5.41) is 2.54. The molecule has 1 rings (SSSR count). The van der Waals surface area contributed by atoms with Crippen LogP contribution in [0.5, 0.6) is 0 Å². The summed E-state index contributed by atoms with van der Waals surface area (Å²) in [6.45, 7) is 8.05. The molecule has 1 aromatic carbocycles. The SMILES string of the molecule is CC(=O)C(c1ccccc1)N(C(=O)[C@H](C)N)C(=O)[C@H](C)NC(=O)[C@@H](N)CC(C)C. The summed E-state index contributed by atoms with van der Waals surface area (Å²) < 4.78 is 0. The average Bonchev–Trinajstić information content (AvgIpc) is 2.64. The lowest BCUT2D eigenvalue weighted by atomic mass is 9.99. The first kappa shape index (κ1) is 24.5. The molecule has 1 unspecified atom stereocenters. The van der Waals surface area contributed by atoms with Crippen LogP contribution in [0, 0.1) is 5.92 Å². The van der Waals surface area contributed by atoms with Gasteiger partial charge in [-0.2, -0.15) is 0 Å². The lowest BCUT2D eigenvalue weighted by Gasteiger charge is -2.32. The zero-order valence-corrected chi connectivity index (χ0v) is 17.7.